The predicted molar refractivity (Wildman–Crippen MR) is 389 cm³/mol. The van der Waals surface area contributed by atoms with E-state index in [9.17, 15) is 14.7 Å². The van der Waals surface area contributed by atoms with Gasteiger partial charge in [0.2, 0.25) is 0 Å². The van der Waals surface area contributed by atoms with Crippen LogP contribution in [0.2, 0.25) is 0 Å². The van der Waals surface area contributed by atoms with Crippen molar-refractivity contribution < 1.29 is 24.2 Å². The fourth-order valence-corrected chi connectivity index (χ4v) is 10.6. The molecule has 0 aliphatic heterocycles. The van der Waals surface area contributed by atoms with Crippen LogP contribution >= 0.6 is 0 Å². The van der Waals surface area contributed by atoms with Crippen LogP contribution in [0.25, 0.3) is 0 Å². The maximum absolute atomic E-state index is 12.4. The van der Waals surface area contributed by atoms with Crippen LogP contribution in [0.5, 0.6) is 0 Å². The van der Waals surface area contributed by atoms with Gasteiger partial charge in [0.1, 0.15) is 6.61 Å². The van der Waals surface area contributed by atoms with Gasteiger partial charge in [-0.05, 0) is 122 Å². The first kappa shape index (κ1) is 83.8. The maximum atomic E-state index is 12.4. The highest BCUT2D eigenvalue weighted by Gasteiger charge is 2.16. The topological polar surface area (TPSA) is 72.8 Å². The third kappa shape index (κ3) is 74.2. The van der Waals surface area contributed by atoms with Gasteiger partial charge in [-0.3, -0.25) is 9.59 Å². The van der Waals surface area contributed by atoms with Crippen molar-refractivity contribution in [3.8, 4) is 0 Å². The highest BCUT2D eigenvalue weighted by Crippen LogP contribution is 2.18. The zero-order chi connectivity index (χ0) is 63.3. The molecule has 1 unspecified atom stereocenters. The van der Waals surface area contributed by atoms with Gasteiger partial charge < -0.3 is 14.6 Å². The Labute approximate surface area is 546 Å². The normalized spacial score (nSPS) is 13.1. The number of esters is 2. The van der Waals surface area contributed by atoms with Crippen molar-refractivity contribution in [2.75, 3.05) is 13.2 Å². The number of rotatable bonds is 68. The number of unbranched alkanes of at least 4 members (excludes halogenated alkanes) is 36. The fourth-order valence-electron chi connectivity index (χ4n) is 10.6. The molecule has 0 bridgehead atoms. The minimum Gasteiger partial charge on any atom is -0.462 e. The molecule has 0 aliphatic rings. The Hall–Kier alpha value is -4.22. The first-order valence-corrected chi connectivity index (χ1v) is 37.4. The van der Waals surface area contributed by atoms with Gasteiger partial charge in [0.05, 0.1) is 6.61 Å². The molecule has 0 aromatic carbocycles. The molecule has 0 aliphatic carbocycles. The number of carbonyl (C=O) groups is 2. The predicted octanol–water partition coefficient (Wildman–Crippen LogP) is 26.4. The first-order valence-electron chi connectivity index (χ1n) is 37.4. The summed E-state index contributed by atoms with van der Waals surface area (Å²) in [4.78, 5) is 24.7. The Morgan fingerprint density at radius 3 is 0.739 bits per heavy atom. The molecular formula is C83H140O5. The molecule has 0 fully saturated rings. The van der Waals surface area contributed by atoms with Crippen LogP contribution in [0, 0.1) is 0 Å². The summed E-state index contributed by atoms with van der Waals surface area (Å²) >= 11 is 0. The molecule has 0 saturated heterocycles. The molecule has 0 aromatic rings. The Morgan fingerprint density at radius 1 is 0.273 bits per heavy atom. The number of aliphatic hydroxyl groups excluding tert-OH is 1. The average molecular weight is 1220 g/mol. The molecule has 88 heavy (non-hydrogen) atoms. The Kier molecular flexibility index (Phi) is 73.3. The monoisotopic (exact) mass is 1220 g/mol. The number of carbonyl (C=O) groups excluding carboxylic acids is 2. The average Bonchev–Trinajstić information content (AvgIpc) is 3.56. The lowest BCUT2D eigenvalue weighted by Crippen LogP contribution is -2.28. The second-order valence-corrected chi connectivity index (χ2v) is 24.6. The summed E-state index contributed by atoms with van der Waals surface area (Å²) in [5.41, 5.74) is 0. The molecule has 0 heterocycles. The molecule has 0 amide bonds. The lowest BCUT2D eigenvalue weighted by atomic mass is 10.0. The molecule has 0 rings (SSSR count). The van der Waals surface area contributed by atoms with Crippen LogP contribution in [0.4, 0.5) is 0 Å². The highest BCUT2D eigenvalue weighted by atomic mass is 16.6. The zero-order valence-corrected chi connectivity index (χ0v) is 57.7. The molecule has 502 valence electrons. The minimum absolute atomic E-state index is 0.0789. The fraction of sp³-hybridized carbons (Fsp3) is 0.687. The van der Waals surface area contributed by atoms with E-state index in [1.165, 1.54) is 193 Å². The van der Waals surface area contributed by atoms with E-state index in [-0.39, 0.29) is 25.2 Å². The molecular weight excluding hydrogens is 1080 g/mol. The van der Waals surface area contributed by atoms with E-state index in [4.69, 9.17) is 9.47 Å². The molecule has 5 nitrogen and oxygen atoms in total. The van der Waals surface area contributed by atoms with E-state index < -0.39 is 6.10 Å². The summed E-state index contributed by atoms with van der Waals surface area (Å²) in [5, 5.41) is 9.71. The summed E-state index contributed by atoms with van der Waals surface area (Å²) in [7, 11) is 0. The first-order chi connectivity index (χ1) is 43.6. The molecule has 1 atom stereocenters. The van der Waals surface area contributed by atoms with Crippen molar-refractivity contribution in [2.24, 2.45) is 0 Å². The molecule has 5 heteroatoms. The SMILES string of the molecule is CC/C=C\C/C=C\C/C=C\C/C=C\C/C=C\C/C=C\C/C=C\C/C=C\C/C=C\CCCCCCCC(=O)OC(CO)COC(=O)CCCCCCCCCCCCCCCCCCCCCCCCCCCC/C=C\C/C=C\C/C=C\CCCCCCC. The van der Waals surface area contributed by atoms with E-state index in [1.807, 2.05) is 0 Å². The molecule has 0 aromatic heterocycles. The quantitative estimate of drug-likeness (QED) is 0.0373. The van der Waals surface area contributed by atoms with Crippen LogP contribution in [0.1, 0.15) is 348 Å². The van der Waals surface area contributed by atoms with E-state index in [2.05, 4.69) is 160 Å². The van der Waals surface area contributed by atoms with Crippen molar-refractivity contribution in [2.45, 2.75) is 354 Å². The zero-order valence-electron chi connectivity index (χ0n) is 57.7. The summed E-state index contributed by atoms with van der Waals surface area (Å²) < 4.78 is 10.8. The summed E-state index contributed by atoms with van der Waals surface area (Å²) in [6.07, 6.45) is 116. The van der Waals surface area contributed by atoms with E-state index in [1.54, 1.807) is 0 Å². The largest absolute Gasteiger partial charge is 0.462 e. The van der Waals surface area contributed by atoms with Gasteiger partial charge in [0.15, 0.2) is 6.10 Å². The Morgan fingerprint density at radius 2 is 0.489 bits per heavy atom. The Balaban J connectivity index is 3.49. The van der Waals surface area contributed by atoms with E-state index in [0.29, 0.717) is 12.8 Å². The van der Waals surface area contributed by atoms with Crippen molar-refractivity contribution in [1.82, 2.24) is 0 Å². The summed E-state index contributed by atoms with van der Waals surface area (Å²) in [5.74, 6) is -0.609. The van der Waals surface area contributed by atoms with Crippen molar-refractivity contribution in [1.29, 1.82) is 0 Å². The molecule has 0 radical (unpaired) electrons. The van der Waals surface area contributed by atoms with Gasteiger partial charge in [-0.2, -0.15) is 0 Å². The standard InChI is InChI=1S/C83H140O5/c1-3-5-7-9-11-13-15-17-19-21-23-25-27-29-31-33-35-37-38-39-40-41-42-43-44-46-47-49-51-53-55-57-59-61-63-65-67-69-71-73-75-77-82(85)87-80-81(79-84)88-83(86)78-76-74-72-70-68-66-64-62-60-58-56-54-52-50-48-45-36-34-32-30-28-26-24-22-20-18-16-14-12-10-8-6-4-2/h6,8,12,14-15,17-18,20-21,23-24,26-27,29-30,32,36,45,50,52,56,58,62,64,81,84H,3-5,7,9-11,13,16,19,22,25,28,31,33-35,37-44,46-49,51,53-55,57,59-61,63,65-80H2,1-2H3/b8-6-,14-12-,17-15-,20-18-,23-21-,26-24-,29-27-,32-30-,45-36-,52-50-,58-56-,64-62-. The number of hydrogen-bond donors (Lipinski definition) is 1. The van der Waals surface area contributed by atoms with Gasteiger partial charge in [-0.25, -0.2) is 0 Å². The lowest BCUT2D eigenvalue weighted by molar-refractivity contribution is -0.161. The van der Waals surface area contributed by atoms with Gasteiger partial charge in [-0.15, -0.1) is 0 Å². The maximum Gasteiger partial charge on any atom is 0.306 e. The second-order valence-electron chi connectivity index (χ2n) is 24.6. The third-order valence-corrected chi connectivity index (χ3v) is 16.1. The lowest BCUT2D eigenvalue weighted by Gasteiger charge is -2.15. The van der Waals surface area contributed by atoms with Crippen LogP contribution in [0.3, 0.4) is 0 Å². The summed E-state index contributed by atoms with van der Waals surface area (Å²) in [6.45, 7) is 4.02. The molecule has 0 saturated carbocycles. The molecule has 1 N–H and O–H groups in total. The highest BCUT2D eigenvalue weighted by molar-refractivity contribution is 5.70. The van der Waals surface area contributed by atoms with Crippen molar-refractivity contribution in [3.05, 3.63) is 146 Å². The van der Waals surface area contributed by atoms with Gasteiger partial charge in [0, 0.05) is 12.8 Å². The van der Waals surface area contributed by atoms with E-state index >= 15 is 0 Å². The second kappa shape index (κ2) is 77.0. The van der Waals surface area contributed by atoms with Crippen molar-refractivity contribution in [3.63, 3.8) is 0 Å². The molecule has 0 spiro atoms. The van der Waals surface area contributed by atoms with Crippen molar-refractivity contribution >= 4 is 11.9 Å². The number of hydrogen-bond acceptors (Lipinski definition) is 5. The number of allylic oxidation sites excluding steroid dienone is 24. The van der Waals surface area contributed by atoms with Crippen LogP contribution < -0.4 is 0 Å². The van der Waals surface area contributed by atoms with Crippen LogP contribution in [0.15, 0.2) is 146 Å². The van der Waals surface area contributed by atoms with Gasteiger partial charge >= 0.3 is 11.9 Å². The summed E-state index contributed by atoms with van der Waals surface area (Å²) in [6, 6.07) is 0. The van der Waals surface area contributed by atoms with Gasteiger partial charge in [-0.1, -0.05) is 359 Å². The minimum atomic E-state index is -0.793. The number of aliphatic hydroxyl groups is 1. The van der Waals surface area contributed by atoms with E-state index in [0.717, 1.165) is 128 Å². The third-order valence-electron chi connectivity index (χ3n) is 16.1. The smallest absolute Gasteiger partial charge is 0.306 e. The van der Waals surface area contributed by atoms with Gasteiger partial charge in [0.25, 0.3) is 0 Å². The van der Waals surface area contributed by atoms with Crippen LogP contribution in [-0.4, -0.2) is 36.4 Å². The Bertz CT molecular complexity index is 1810. The van der Waals surface area contributed by atoms with Crippen LogP contribution in [-0.2, 0) is 19.1 Å². The number of ether oxygens (including phenoxy) is 2.